The fourth-order valence-electron chi connectivity index (χ4n) is 3.39. The van der Waals surface area contributed by atoms with Gasteiger partial charge in [-0.25, -0.2) is 4.39 Å². The lowest BCUT2D eigenvalue weighted by molar-refractivity contribution is -0.0503. The zero-order chi connectivity index (χ0) is 15.9. The Morgan fingerprint density at radius 3 is 2.45 bits per heavy atom. The molecule has 2 atom stereocenters. The predicted molar refractivity (Wildman–Crippen MR) is 75.0 cm³/mol. The number of Topliss-reactive ketones (excluding diaryl/α,β-unsaturated/α-hetero) is 1. The summed E-state index contributed by atoms with van der Waals surface area (Å²) in [5.41, 5.74) is -0.417. The number of hydrogen-bond acceptors (Lipinski definition) is 3. The molecule has 0 aliphatic carbocycles. The maximum atomic E-state index is 14.0. The van der Waals surface area contributed by atoms with Gasteiger partial charge in [0.2, 0.25) is 0 Å². The van der Waals surface area contributed by atoms with Gasteiger partial charge in [0.25, 0.3) is 0 Å². The van der Waals surface area contributed by atoms with Crippen LogP contribution in [0.4, 0.5) is 13.2 Å². The largest absolute Gasteiger partial charge is 0.434 e. The van der Waals surface area contributed by atoms with Crippen molar-refractivity contribution in [3.05, 3.63) is 29.6 Å². The molecule has 2 saturated heterocycles. The number of alkyl halides is 2. The van der Waals surface area contributed by atoms with Crippen molar-refractivity contribution < 1.29 is 26.9 Å². The van der Waals surface area contributed by atoms with Crippen LogP contribution in [0.3, 0.4) is 0 Å². The molecule has 7 heteroatoms. The van der Waals surface area contributed by atoms with Crippen molar-refractivity contribution in [2.24, 2.45) is 5.92 Å². The second-order valence-corrected chi connectivity index (χ2v) is 7.66. The predicted octanol–water partition coefficient (Wildman–Crippen LogP) is 3.30. The number of ketones is 1. The minimum atomic E-state index is -3.12. The number of carbonyl (C=O) groups excluding carboxylic acids is 1. The van der Waals surface area contributed by atoms with Crippen LogP contribution in [0.1, 0.15) is 36.0 Å². The van der Waals surface area contributed by atoms with Gasteiger partial charge in [0, 0.05) is 27.2 Å². The third-order valence-electron chi connectivity index (χ3n) is 4.37. The van der Waals surface area contributed by atoms with Crippen molar-refractivity contribution in [3.8, 4) is 5.75 Å². The van der Waals surface area contributed by atoms with Crippen molar-refractivity contribution in [1.29, 1.82) is 0 Å². The van der Waals surface area contributed by atoms with Crippen molar-refractivity contribution in [1.82, 2.24) is 0 Å². The topological polar surface area (TPSA) is 43.4 Å². The van der Waals surface area contributed by atoms with Gasteiger partial charge >= 0.3 is 6.61 Å². The summed E-state index contributed by atoms with van der Waals surface area (Å²) in [4.78, 5) is 12.6. The van der Waals surface area contributed by atoms with E-state index in [-0.39, 0.29) is 10.5 Å². The number of fused-ring (bicyclic) bond motifs is 2. The molecule has 0 spiro atoms. The van der Waals surface area contributed by atoms with Gasteiger partial charge in [0.15, 0.2) is 5.78 Å². The number of rotatable bonds is 4. The van der Waals surface area contributed by atoms with Crippen molar-refractivity contribution >= 4 is 16.6 Å². The minimum absolute atomic E-state index is 0.0426. The van der Waals surface area contributed by atoms with E-state index < -0.39 is 46.2 Å². The van der Waals surface area contributed by atoms with E-state index >= 15 is 0 Å². The van der Waals surface area contributed by atoms with Crippen LogP contribution < -0.4 is 4.74 Å². The molecule has 2 fully saturated rings. The van der Waals surface area contributed by atoms with Gasteiger partial charge in [-0.1, -0.05) is 6.07 Å². The van der Waals surface area contributed by atoms with Gasteiger partial charge < -0.3 is 4.74 Å². The molecule has 22 heavy (non-hydrogen) atoms. The van der Waals surface area contributed by atoms with Crippen LogP contribution >= 0.6 is 0 Å². The highest BCUT2D eigenvalue weighted by atomic mass is 32.2. The van der Waals surface area contributed by atoms with E-state index in [0.29, 0.717) is 12.8 Å². The molecule has 0 amide bonds. The number of carbonyl (C=O) groups is 1. The molecule has 0 N–H and O–H groups in total. The summed E-state index contributed by atoms with van der Waals surface area (Å²) < 4.78 is 55.1. The Morgan fingerprint density at radius 2 is 1.86 bits per heavy atom. The summed E-state index contributed by atoms with van der Waals surface area (Å²) in [5, 5.41) is -0.0853. The van der Waals surface area contributed by atoms with E-state index in [9.17, 15) is 22.2 Å². The average molecular weight is 332 g/mol. The van der Waals surface area contributed by atoms with Crippen LogP contribution in [0.15, 0.2) is 18.2 Å². The van der Waals surface area contributed by atoms with Gasteiger partial charge in [-0.3, -0.25) is 9.00 Å². The minimum Gasteiger partial charge on any atom is -0.434 e. The van der Waals surface area contributed by atoms with Crippen LogP contribution in [-0.2, 0) is 10.8 Å². The van der Waals surface area contributed by atoms with E-state index in [4.69, 9.17) is 0 Å². The molecule has 2 heterocycles. The second kappa shape index (κ2) is 6.02. The maximum absolute atomic E-state index is 14.0. The van der Waals surface area contributed by atoms with Crippen LogP contribution in [0.5, 0.6) is 5.75 Å². The first-order chi connectivity index (χ1) is 10.5. The lowest BCUT2D eigenvalue weighted by atomic mass is 9.89. The monoisotopic (exact) mass is 332 g/mol. The Labute approximate surface area is 128 Å². The summed E-state index contributed by atoms with van der Waals surface area (Å²) in [6.07, 6.45) is 2.45. The molecule has 1 aromatic rings. The Kier molecular flexibility index (Phi) is 4.25. The first-order valence-electron chi connectivity index (χ1n) is 7.14. The van der Waals surface area contributed by atoms with Gasteiger partial charge in [-0.15, -0.1) is 0 Å². The Hall–Kier alpha value is -1.37. The molecular formula is C15H15F3O3S. The Morgan fingerprint density at radius 1 is 1.23 bits per heavy atom. The Balaban J connectivity index is 1.88. The van der Waals surface area contributed by atoms with Gasteiger partial charge in [-0.05, 0) is 37.8 Å². The van der Waals surface area contributed by atoms with Gasteiger partial charge in [-0.2, -0.15) is 8.78 Å². The summed E-state index contributed by atoms with van der Waals surface area (Å²) in [7, 11) is -0.929. The molecule has 120 valence electrons. The van der Waals surface area contributed by atoms with E-state index in [0.717, 1.165) is 25.0 Å². The zero-order valence-electron chi connectivity index (χ0n) is 11.6. The zero-order valence-corrected chi connectivity index (χ0v) is 12.5. The molecule has 2 bridgehead atoms. The quantitative estimate of drug-likeness (QED) is 0.795. The molecule has 1 aromatic carbocycles. The standard InChI is InChI=1S/C15H15F3O3S/c16-11-2-1-3-12(21-15(17)18)13(11)14(19)8-6-9-4-5-10(7-8)22(9)20/h1-3,8-10,15H,4-7H2. The van der Waals surface area contributed by atoms with Crippen LogP contribution in [0.2, 0.25) is 0 Å². The lowest BCUT2D eigenvalue weighted by Crippen LogP contribution is -2.32. The molecule has 2 aliphatic rings. The smallest absolute Gasteiger partial charge is 0.387 e. The number of benzene rings is 1. The molecular weight excluding hydrogens is 317 g/mol. The molecule has 3 nitrogen and oxygen atoms in total. The van der Waals surface area contributed by atoms with Crippen molar-refractivity contribution in [2.45, 2.75) is 42.8 Å². The third-order valence-corrected chi connectivity index (χ3v) is 6.54. The second-order valence-electron chi connectivity index (χ2n) is 5.67. The molecule has 0 aromatic heterocycles. The summed E-state index contributed by atoms with van der Waals surface area (Å²) in [6, 6.07) is 3.45. The lowest BCUT2D eigenvalue weighted by Gasteiger charge is -2.26. The van der Waals surface area contributed by atoms with Crippen molar-refractivity contribution in [3.63, 3.8) is 0 Å². The van der Waals surface area contributed by atoms with E-state index in [1.807, 2.05) is 0 Å². The highest BCUT2D eigenvalue weighted by Gasteiger charge is 2.43. The third kappa shape index (κ3) is 2.78. The number of hydrogen-bond donors (Lipinski definition) is 0. The molecule has 3 rings (SSSR count). The van der Waals surface area contributed by atoms with E-state index in [1.54, 1.807) is 0 Å². The summed E-state index contributed by atoms with van der Waals surface area (Å²) in [5.74, 6) is -2.30. The average Bonchev–Trinajstić information content (AvgIpc) is 2.68. The summed E-state index contributed by atoms with van der Waals surface area (Å²) in [6.45, 7) is -3.12. The Bertz CT molecular complexity index is 604. The number of ether oxygens (including phenoxy) is 1. The normalized spacial score (nSPS) is 30.5. The van der Waals surface area contributed by atoms with Crippen LogP contribution in [0, 0.1) is 11.7 Å². The number of halogens is 3. The highest BCUT2D eigenvalue weighted by molar-refractivity contribution is 7.86. The first kappa shape index (κ1) is 15.5. The van der Waals surface area contributed by atoms with Crippen molar-refractivity contribution in [2.75, 3.05) is 0 Å². The SMILES string of the molecule is O=C(c1c(F)cccc1OC(F)F)C1CC2CCC(C1)S2=O. The van der Waals surface area contributed by atoms with E-state index in [1.165, 1.54) is 6.07 Å². The van der Waals surface area contributed by atoms with E-state index in [2.05, 4.69) is 4.74 Å². The van der Waals surface area contributed by atoms with Gasteiger partial charge in [0.05, 0.1) is 5.56 Å². The van der Waals surface area contributed by atoms with Gasteiger partial charge in [0.1, 0.15) is 11.6 Å². The fourth-order valence-corrected chi connectivity index (χ4v) is 5.51. The first-order valence-corrected chi connectivity index (χ1v) is 8.42. The fraction of sp³-hybridized carbons (Fsp3) is 0.533. The summed E-state index contributed by atoms with van der Waals surface area (Å²) >= 11 is 0. The highest BCUT2D eigenvalue weighted by Crippen LogP contribution is 2.41. The van der Waals surface area contributed by atoms with Crippen LogP contribution in [0.25, 0.3) is 0 Å². The maximum Gasteiger partial charge on any atom is 0.387 e. The molecule has 2 aliphatic heterocycles. The molecule has 2 unspecified atom stereocenters. The molecule has 0 saturated carbocycles. The van der Waals surface area contributed by atoms with Crippen LogP contribution in [-0.4, -0.2) is 27.1 Å². The molecule has 0 radical (unpaired) electrons.